The van der Waals surface area contributed by atoms with Gasteiger partial charge in [0.15, 0.2) is 5.96 Å². The number of aliphatic hydroxyl groups excluding tert-OH is 1. The van der Waals surface area contributed by atoms with Gasteiger partial charge < -0.3 is 15.7 Å². The summed E-state index contributed by atoms with van der Waals surface area (Å²) in [5.74, 6) is 0.848. The van der Waals surface area contributed by atoms with Crippen molar-refractivity contribution in [3.63, 3.8) is 0 Å². The fraction of sp³-hybridized carbons (Fsp3) is 0.696. The Labute approximate surface area is 172 Å². The molecule has 1 aromatic rings. The van der Waals surface area contributed by atoms with Crippen molar-refractivity contribution in [2.24, 2.45) is 10.4 Å². The van der Waals surface area contributed by atoms with Crippen molar-refractivity contribution in [3.8, 4) is 0 Å². The normalized spacial score (nSPS) is 12.5. The topological polar surface area (TPSA) is 59.9 Å². The summed E-state index contributed by atoms with van der Waals surface area (Å²) < 4.78 is 0. The van der Waals surface area contributed by atoms with Crippen molar-refractivity contribution in [1.29, 1.82) is 0 Å². The third-order valence-electron chi connectivity index (χ3n) is 5.83. The molecule has 160 valence electrons. The van der Waals surface area contributed by atoms with Gasteiger partial charge in [0.25, 0.3) is 0 Å². The maximum absolute atomic E-state index is 9.43. The molecule has 0 fully saturated rings. The Balaban J connectivity index is 2.78. The lowest BCUT2D eigenvalue weighted by molar-refractivity contribution is 0.169. The second kappa shape index (κ2) is 13.6. The minimum absolute atomic E-state index is 0.120. The van der Waals surface area contributed by atoms with Crippen molar-refractivity contribution in [1.82, 2.24) is 15.5 Å². The van der Waals surface area contributed by atoms with E-state index in [1.165, 1.54) is 11.1 Å². The lowest BCUT2D eigenvalue weighted by atomic mass is 9.79. The summed E-state index contributed by atoms with van der Waals surface area (Å²) in [6.07, 6.45) is 2.91. The molecule has 0 radical (unpaired) electrons. The average Bonchev–Trinajstić information content (AvgIpc) is 2.73. The molecule has 0 aliphatic rings. The summed E-state index contributed by atoms with van der Waals surface area (Å²) in [7, 11) is 0. The largest absolute Gasteiger partial charge is 0.396 e. The number of aliphatic imine (C=N–C) groups is 1. The van der Waals surface area contributed by atoms with Crippen LogP contribution in [0.15, 0.2) is 29.3 Å². The van der Waals surface area contributed by atoms with Gasteiger partial charge in [0, 0.05) is 26.2 Å². The predicted molar refractivity (Wildman–Crippen MR) is 121 cm³/mol. The molecule has 1 aromatic carbocycles. The van der Waals surface area contributed by atoms with Crippen LogP contribution in [-0.4, -0.2) is 48.8 Å². The van der Waals surface area contributed by atoms with E-state index in [4.69, 9.17) is 4.99 Å². The monoisotopic (exact) mass is 390 g/mol. The highest BCUT2D eigenvalue weighted by Gasteiger charge is 2.25. The van der Waals surface area contributed by atoms with Gasteiger partial charge in [-0.05, 0) is 55.8 Å². The van der Waals surface area contributed by atoms with Gasteiger partial charge >= 0.3 is 0 Å². The Morgan fingerprint density at radius 3 is 2.29 bits per heavy atom. The first-order valence-corrected chi connectivity index (χ1v) is 11.0. The molecule has 0 aromatic heterocycles. The first kappa shape index (κ1) is 24.4. The van der Waals surface area contributed by atoms with Crippen LogP contribution >= 0.6 is 0 Å². The summed E-state index contributed by atoms with van der Waals surface area (Å²) in [4.78, 5) is 7.22. The minimum Gasteiger partial charge on any atom is -0.396 e. The molecule has 5 heteroatoms. The number of hydrogen-bond donors (Lipinski definition) is 3. The highest BCUT2D eigenvalue weighted by molar-refractivity contribution is 5.79. The SMILES string of the molecule is CCNC(=NCc1cccc(CN(CC)CC)c1)NCC(CC)(CC)CCO. The molecule has 0 aliphatic carbocycles. The van der Waals surface area contributed by atoms with Gasteiger partial charge in [-0.3, -0.25) is 4.90 Å². The lowest BCUT2D eigenvalue weighted by Crippen LogP contribution is -2.43. The number of aliphatic hydroxyl groups is 1. The molecular formula is C23H42N4O. The van der Waals surface area contributed by atoms with E-state index in [0.29, 0.717) is 6.54 Å². The molecule has 0 atom stereocenters. The van der Waals surface area contributed by atoms with Crippen LogP contribution in [0.2, 0.25) is 0 Å². The molecule has 5 nitrogen and oxygen atoms in total. The van der Waals surface area contributed by atoms with Crippen LogP contribution < -0.4 is 10.6 Å². The number of nitrogens with zero attached hydrogens (tertiary/aromatic N) is 2. The number of benzene rings is 1. The zero-order valence-corrected chi connectivity index (χ0v) is 18.7. The van der Waals surface area contributed by atoms with Crippen LogP contribution in [-0.2, 0) is 13.1 Å². The standard InChI is InChI=1S/C23H42N4O/c1-6-23(7-2,14-15-28)19-26-22(24-8-3)25-17-20-12-11-13-21(16-20)18-27(9-4)10-5/h11-13,16,28H,6-10,14-15,17-19H2,1-5H3,(H2,24,25,26). The van der Waals surface area contributed by atoms with Gasteiger partial charge in [-0.25, -0.2) is 4.99 Å². The Kier molecular flexibility index (Phi) is 11.8. The summed E-state index contributed by atoms with van der Waals surface area (Å²) in [5, 5.41) is 16.3. The van der Waals surface area contributed by atoms with E-state index >= 15 is 0 Å². The maximum Gasteiger partial charge on any atom is 0.191 e. The molecule has 0 heterocycles. The minimum atomic E-state index is 0.120. The summed E-state index contributed by atoms with van der Waals surface area (Å²) >= 11 is 0. The fourth-order valence-electron chi connectivity index (χ4n) is 3.49. The van der Waals surface area contributed by atoms with E-state index in [9.17, 15) is 5.11 Å². The smallest absolute Gasteiger partial charge is 0.191 e. The van der Waals surface area contributed by atoms with Gasteiger partial charge in [-0.1, -0.05) is 52.0 Å². The number of rotatable bonds is 13. The highest BCUT2D eigenvalue weighted by atomic mass is 16.3. The Hall–Kier alpha value is -1.59. The van der Waals surface area contributed by atoms with E-state index in [1.54, 1.807) is 0 Å². The Bertz CT molecular complexity index is 565. The molecule has 0 saturated heterocycles. The van der Waals surface area contributed by atoms with E-state index in [-0.39, 0.29) is 12.0 Å². The second-order valence-electron chi connectivity index (χ2n) is 7.51. The van der Waals surface area contributed by atoms with Crippen LogP contribution in [0.3, 0.4) is 0 Å². The van der Waals surface area contributed by atoms with Crippen LogP contribution in [0.4, 0.5) is 0 Å². The first-order valence-electron chi connectivity index (χ1n) is 11.0. The van der Waals surface area contributed by atoms with Gasteiger partial charge in [0.1, 0.15) is 0 Å². The zero-order valence-electron chi connectivity index (χ0n) is 18.7. The number of hydrogen-bond acceptors (Lipinski definition) is 3. The third-order valence-corrected chi connectivity index (χ3v) is 5.83. The summed E-state index contributed by atoms with van der Waals surface area (Å²) in [6, 6.07) is 8.73. The Morgan fingerprint density at radius 1 is 1.04 bits per heavy atom. The van der Waals surface area contributed by atoms with Crippen molar-refractivity contribution in [2.45, 2.75) is 67.0 Å². The zero-order chi connectivity index (χ0) is 20.8. The van der Waals surface area contributed by atoms with Gasteiger partial charge in [-0.15, -0.1) is 0 Å². The van der Waals surface area contributed by atoms with Crippen molar-refractivity contribution >= 4 is 5.96 Å². The summed E-state index contributed by atoms with van der Waals surface area (Å²) in [5.41, 5.74) is 2.69. The second-order valence-corrected chi connectivity index (χ2v) is 7.51. The third kappa shape index (κ3) is 8.19. The highest BCUT2D eigenvalue weighted by Crippen LogP contribution is 2.29. The number of nitrogens with one attached hydrogen (secondary N) is 2. The molecule has 0 unspecified atom stereocenters. The van der Waals surface area contributed by atoms with Gasteiger partial charge in [0.2, 0.25) is 0 Å². The number of guanidine groups is 1. The van der Waals surface area contributed by atoms with Crippen LogP contribution in [0.25, 0.3) is 0 Å². The van der Waals surface area contributed by atoms with Gasteiger partial charge in [0.05, 0.1) is 6.54 Å². The average molecular weight is 391 g/mol. The fourth-order valence-corrected chi connectivity index (χ4v) is 3.49. The van der Waals surface area contributed by atoms with Gasteiger partial charge in [-0.2, -0.15) is 0 Å². The molecule has 0 bridgehead atoms. The van der Waals surface area contributed by atoms with E-state index in [2.05, 4.69) is 74.4 Å². The molecule has 1 rings (SSSR count). The van der Waals surface area contributed by atoms with E-state index < -0.39 is 0 Å². The molecule has 0 spiro atoms. The van der Waals surface area contributed by atoms with Crippen molar-refractivity contribution in [2.75, 3.05) is 32.8 Å². The van der Waals surface area contributed by atoms with Crippen LogP contribution in [0.5, 0.6) is 0 Å². The molecule has 3 N–H and O–H groups in total. The van der Waals surface area contributed by atoms with Crippen LogP contribution in [0, 0.1) is 5.41 Å². The Morgan fingerprint density at radius 2 is 1.71 bits per heavy atom. The predicted octanol–water partition coefficient (Wildman–Crippen LogP) is 3.77. The lowest BCUT2D eigenvalue weighted by Gasteiger charge is -2.32. The summed E-state index contributed by atoms with van der Waals surface area (Å²) in [6.45, 7) is 16.6. The van der Waals surface area contributed by atoms with Crippen molar-refractivity contribution < 1.29 is 5.11 Å². The van der Waals surface area contributed by atoms with Crippen molar-refractivity contribution in [3.05, 3.63) is 35.4 Å². The van der Waals surface area contributed by atoms with Crippen LogP contribution in [0.1, 0.15) is 65.0 Å². The molecule has 0 amide bonds. The molecule has 0 aliphatic heterocycles. The van der Waals surface area contributed by atoms with E-state index in [0.717, 1.165) is 57.9 Å². The van der Waals surface area contributed by atoms with E-state index in [1.807, 2.05) is 0 Å². The first-order chi connectivity index (χ1) is 13.6. The molecule has 28 heavy (non-hydrogen) atoms. The maximum atomic E-state index is 9.43. The quantitative estimate of drug-likeness (QED) is 0.354. The molecular weight excluding hydrogens is 348 g/mol. The molecule has 0 saturated carbocycles.